The number of halogens is 1. The van der Waals surface area contributed by atoms with E-state index in [0.717, 1.165) is 6.61 Å². The van der Waals surface area contributed by atoms with Gasteiger partial charge >= 0.3 is 0 Å². The monoisotopic (exact) mass is 288 g/mol. The zero-order valence-corrected chi connectivity index (χ0v) is 12.2. The Morgan fingerprint density at radius 1 is 1.25 bits per heavy atom. The van der Waals surface area contributed by atoms with Crippen molar-refractivity contribution in [2.45, 2.75) is 62.6 Å². The minimum Gasteiger partial charge on any atom is -0.376 e. The Morgan fingerprint density at radius 3 is 2.75 bits per heavy atom. The standard InChI is InChI=1S/C15H25FO4/c1-17-14-7-12(13-9-19-15(14,10-16)20-13)18-8-11-5-3-2-4-6-11/h11-14H,2-10H2,1H3/t12-,13+,14+,15?/m0/s1. The molecule has 2 saturated heterocycles. The molecule has 3 aliphatic rings. The first kappa shape index (κ1) is 14.7. The molecule has 3 rings (SSSR count). The summed E-state index contributed by atoms with van der Waals surface area (Å²) in [5, 5.41) is 0. The fraction of sp³-hybridized carbons (Fsp3) is 1.00. The van der Waals surface area contributed by atoms with Crippen LogP contribution < -0.4 is 0 Å². The summed E-state index contributed by atoms with van der Waals surface area (Å²) in [5.74, 6) is -0.524. The number of hydrogen-bond donors (Lipinski definition) is 0. The lowest BCUT2D eigenvalue weighted by molar-refractivity contribution is -0.279. The second-order valence-electron chi connectivity index (χ2n) is 6.25. The molecule has 0 aromatic rings. The maximum Gasteiger partial charge on any atom is 0.224 e. The van der Waals surface area contributed by atoms with E-state index in [4.69, 9.17) is 18.9 Å². The Kier molecular flexibility index (Phi) is 4.60. The van der Waals surface area contributed by atoms with Crippen molar-refractivity contribution in [1.82, 2.24) is 0 Å². The third-order valence-corrected chi connectivity index (χ3v) is 4.94. The molecule has 0 amide bonds. The summed E-state index contributed by atoms with van der Waals surface area (Å²) in [5.41, 5.74) is 0. The molecule has 0 N–H and O–H groups in total. The summed E-state index contributed by atoms with van der Waals surface area (Å²) >= 11 is 0. The summed E-state index contributed by atoms with van der Waals surface area (Å²) in [7, 11) is 1.58. The van der Waals surface area contributed by atoms with Crippen LogP contribution in [0.5, 0.6) is 0 Å². The summed E-state index contributed by atoms with van der Waals surface area (Å²) in [4.78, 5) is 0. The van der Waals surface area contributed by atoms with E-state index in [2.05, 4.69) is 0 Å². The molecule has 1 saturated carbocycles. The number of methoxy groups -OCH3 is 1. The molecule has 116 valence electrons. The second kappa shape index (κ2) is 6.26. The van der Waals surface area contributed by atoms with Gasteiger partial charge in [0.05, 0.1) is 12.7 Å². The van der Waals surface area contributed by atoms with Gasteiger partial charge < -0.3 is 18.9 Å². The zero-order chi connectivity index (χ0) is 14.0. The molecule has 2 aliphatic heterocycles. The molecule has 2 bridgehead atoms. The Bertz CT molecular complexity index is 321. The highest BCUT2D eigenvalue weighted by Crippen LogP contribution is 2.40. The van der Waals surface area contributed by atoms with Crippen molar-refractivity contribution < 1.29 is 23.3 Å². The van der Waals surface area contributed by atoms with Gasteiger partial charge in [0.25, 0.3) is 0 Å². The van der Waals surface area contributed by atoms with Crippen LogP contribution in [-0.2, 0) is 18.9 Å². The van der Waals surface area contributed by atoms with Gasteiger partial charge in [-0.15, -0.1) is 0 Å². The smallest absolute Gasteiger partial charge is 0.224 e. The van der Waals surface area contributed by atoms with Crippen molar-refractivity contribution in [3.05, 3.63) is 0 Å². The first-order valence-electron chi connectivity index (χ1n) is 7.79. The summed E-state index contributed by atoms with van der Waals surface area (Å²) in [6.45, 7) is 0.514. The van der Waals surface area contributed by atoms with Crippen LogP contribution in [0.2, 0.25) is 0 Å². The SMILES string of the molecule is CO[C@@H]1C[C@H](OCC2CCCCC2)[C@H]2COC1(CF)O2. The Balaban J connectivity index is 1.55. The molecule has 0 spiro atoms. The molecule has 0 radical (unpaired) electrons. The van der Waals surface area contributed by atoms with Gasteiger partial charge in [-0.1, -0.05) is 19.3 Å². The van der Waals surface area contributed by atoms with Crippen molar-refractivity contribution >= 4 is 0 Å². The van der Waals surface area contributed by atoms with Crippen molar-refractivity contribution in [1.29, 1.82) is 0 Å². The predicted molar refractivity (Wildman–Crippen MR) is 71.3 cm³/mol. The lowest BCUT2D eigenvalue weighted by Gasteiger charge is -2.40. The first-order chi connectivity index (χ1) is 9.77. The highest BCUT2D eigenvalue weighted by Gasteiger charge is 2.56. The topological polar surface area (TPSA) is 36.9 Å². The molecule has 2 heterocycles. The number of hydrogen-bond acceptors (Lipinski definition) is 4. The van der Waals surface area contributed by atoms with Crippen molar-refractivity contribution in [3.63, 3.8) is 0 Å². The van der Waals surface area contributed by atoms with Gasteiger partial charge in [-0.25, -0.2) is 4.39 Å². The number of rotatable bonds is 5. The number of alkyl halides is 1. The van der Waals surface area contributed by atoms with Gasteiger partial charge in [-0.2, -0.15) is 0 Å². The second-order valence-corrected chi connectivity index (χ2v) is 6.25. The van der Waals surface area contributed by atoms with Gasteiger partial charge in [0.2, 0.25) is 5.79 Å². The summed E-state index contributed by atoms with van der Waals surface area (Å²) < 4.78 is 35.9. The van der Waals surface area contributed by atoms with E-state index in [1.807, 2.05) is 0 Å². The van der Waals surface area contributed by atoms with Gasteiger partial charge in [0.15, 0.2) is 0 Å². The molecule has 20 heavy (non-hydrogen) atoms. The van der Waals surface area contributed by atoms with Crippen LogP contribution in [0.4, 0.5) is 4.39 Å². The molecule has 0 aromatic carbocycles. The van der Waals surface area contributed by atoms with Crippen molar-refractivity contribution in [3.8, 4) is 0 Å². The van der Waals surface area contributed by atoms with Crippen LogP contribution in [0, 0.1) is 5.92 Å². The van der Waals surface area contributed by atoms with Crippen molar-refractivity contribution in [2.75, 3.05) is 27.0 Å². The Hall–Kier alpha value is -0.230. The average molecular weight is 288 g/mol. The minimum absolute atomic E-state index is 0.0379. The fourth-order valence-electron chi connectivity index (χ4n) is 3.66. The van der Waals surface area contributed by atoms with Crippen molar-refractivity contribution in [2.24, 2.45) is 5.92 Å². The van der Waals surface area contributed by atoms with Gasteiger partial charge in [0, 0.05) is 20.1 Å². The predicted octanol–water partition coefficient (Wildman–Crippen LogP) is 2.45. The molecule has 0 aromatic heterocycles. The van der Waals surface area contributed by atoms with Crippen LogP contribution in [0.25, 0.3) is 0 Å². The van der Waals surface area contributed by atoms with Crippen LogP contribution in [0.3, 0.4) is 0 Å². The largest absolute Gasteiger partial charge is 0.376 e. The highest BCUT2D eigenvalue weighted by atomic mass is 19.1. The van der Waals surface area contributed by atoms with Crippen LogP contribution in [0.15, 0.2) is 0 Å². The summed E-state index contributed by atoms with van der Waals surface area (Å²) in [6.07, 6.45) is 6.57. The van der Waals surface area contributed by atoms with E-state index in [-0.39, 0.29) is 18.3 Å². The van der Waals surface area contributed by atoms with E-state index in [9.17, 15) is 4.39 Å². The van der Waals surface area contributed by atoms with Gasteiger partial charge in [-0.3, -0.25) is 0 Å². The fourth-order valence-corrected chi connectivity index (χ4v) is 3.66. The van der Waals surface area contributed by atoms with Crippen LogP contribution in [-0.4, -0.2) is 51.1 Å². The zero-order valence-electron chi connectivity index (χ0n) is 12.2. The molecular weight excluding hydrogens is 263 g/mol. The maximum absolute atomic E-state index is 13.2. The lowest BCUT2D eigenvalue weighted by Crippen LogP contribution is -2.54. The third kappa shape index (κ3) is 2.73. The summed E-state index contributed by atoms with van der Waals surface area (Å²) in [6, 6.07) is 0. The number of ether oxygens (including phenoxy) is 4. The van der Waals surface area contributed by atoms with E-state index >= 15 is 0 Å². The molecule has 3 fully saturated rings. The molecule has 5 heteroatoms. The molecular formula is C15H25FO4. The first-order valence-corrected chi connectivity index (χ1v) is 7.79. The van der Waals surface area contributed by atoms with E-state index in [0.29, 0.717) is 18.9 Å². The third-order valence-electron chi connectivity index (χ3n) is 4.94. The van der Waals surface area contributed by atoms with E-state index in [1.165, 1.54) is 32.1 Å². The quantitative estimate of drug-likeness (QED) is 0.778. The Morgan fingerprint density at radius 2 is 2.05 bits per heavy atom. The molecule has 4 nitrogen and oxygen atoms in total. The lowest BCUT2D eigenvalue weighted by atomic mass is 9.90. The minimum atomic E-state index is -1.19. The molecule has 1 unspecified atom stereocenters. The van der Waals surface area contributed by atoms with E-state index < -0.39 is 12.5 Å². The highest BCUT2D eigenvalue weighted by molar-refractivity contribution is 4.97. The van der Waals surface area contributed by atoms with Crippen LogP contribution >= 0.6 is 0 Å². The average Bonchev–Trinajstić information content (AvgIpc) is 2.89. The Labute approximate surface area is 119 Å². The van der Waals surface area contributed by atoms with Crippen LogP contribution in [0.1, 0.15) is 38.5 Å². The van der Waals surface area contributed by atoms with Gasteiger partial charge in [-0.05, 0) is 18.8 Å². The number of fused-ring (bicyclic) bond motifs is 2. The normalized spacial score (nSPS) is 42.0. The maximum atomic E-state index is 13.2. The molecule has 1 aliphatic carbocycles. The van der Waals surface area contributed by atoms with Gasteiger partial charge in [0.1, 0.15) is 18.9 Å². The van der Waals surface area contributed by atoms with E-state index in [1.54, 1.807) is 7.11 Å². The molecule has 4 atom stereocenters.